The Hall–Kier alpha value is -3.01. The number of benzene rings is 2. The summed E-state index contributed by atoms with van der Waals surface area (Å²) in [7, 11) is -3.95. The van der Waals surface area contributed by atoms with E-state index in [9.17, 15) is 18.0 Å². The fourth-order valence-corrected chi connectivity index (χ4v) is 5.83. The number of carbonyl (C=O) groups excluding carboxylic acids is 2. The number of sulfonamides is 1. The van der Waals surface area contributed by atoms with E-state index >= 15 is 0 Å². The van der Waals surface area contributed by atoms with Gasteiger partial charge in [0.2, 0.25) is 21.8 Å². The van der Waals surface area contributed by atoms with Crippen LogP contribution in [0.4, 0.5) is 0 Å². The maximum atomic E-state index is 13.3. The summed E-state index contributed by atoms with van der Waals surface area (Å²) in [6, 6.07) is 11.9. The second-order valence-electron chi connectivity index (χ2n) is 9.24. The molecule has 0 spiro atoms. The van der Waals surface area contributed by atoms with Gasteiger partial charge in [0.25, 0.3) is 0 Å². The van der Waals surface area contributed by atoms with Crippen molar-refractivity contribution < 1.29 is 18.0 Å². The molecule has 0 saturated carbocycles. The van der Waals surface area contributed by atoms with E-state index in [4.69, 9.17) is 11.6 Å². The molecule has 0 bridgehead atoms. The highest BCUT2D eigenvalue weighted by Crippen LogP contribution is 2.24. The molecule has 2 amide bonds. The Balaban J connectivity index is 1.46. The summed E-state index contributed by atoms with van der Waals surface area (Å²) in [6.07, 6.45) is 3.66. The van der Waals surface area contributed by atoms with Gasteiger partial charge >= 0.3 is 0 Å². The van der Waals surface area contributed by atoms with Gasteiger partial charge in [0.05, 0.1) is 4.90 Å². The van der Waals surface area contributed by atoms with Gasteiger partial charge < -0.3 is 9.80 Å². The van der Waals surface area contributed by atoms with Crippen LogP contribution in [-0.2, 0) is 26.2 Å². The zero-order valence-corrected chi connectivity index (χ0v) is 22.0. The second kappa shape index (κ2) is 10.5. The van der Waals surface area contributed by atoms with E-state index < -0.39 is 28.0 Å². The molecule has 2 heterocycles. The van der Waals surface area contributed by atoms with Crippen molar-refractivity contribution >= 4 is 44.2 Å². The van der Waals surface area contributed by atoms with Crippen LogP contribution in [0.3, 0.4) is 0 Å². The predicted molar refractivity (Wildman–Crippen MR) is 139 cm³/mol. The molecule has 36 heavy (non-hydrogen) atoms. The number of aromatic nitrogens is 1. The third kappa shape index (κ3) is 5.53. The maximum Gasteiger partial charge on any atom is 0.245 e. The molecule has 2 atom stereocenters. The van der Waals surface area contributed by atoms with Crippen molar-refractivity contribution in [2.45, 2.75) is 56.8 Å². The Labute approximate surface area is 216 Å². The molecule has 1 N–H and O–H groups in total. The number of rotatable bonds is 8. The van der Waals surface area contributed by atoms with E-state index in [1.165, 1.54) is 11.0 Å². The zero-order valence-electron chi connectivity index (χ0n) is 20.4. The van der Waals surface area contributed by atoms with Crippen molar-refractivity contribution in [1.29, 1.82) is 0 Å². The van der Waals surface area contributed by atoms with Crippen LogP contribution >= 0.6 is 11.6 Å². The normalized spacial score (nSPS) is 17.1. The zero-order chi connectivity index (χ0) is 26.0. The van der Waals surface area contributed by atoms with Gasteiger partial charge in [-0.1, -0.05) is 29.8 Å². The first-order valence-corrected chi connectivity index (χ1v) is 13.6. The summed E-state index contributed by atoms with van der Waals surface area (Å²) in [4.78, 5) is 33.8. The standard InChI is InChI=1S/C26H29ClN4O4S/c1-17(2)31(16-19-5-4-11-28-15-19)25(32)18(3)30-12-10-24(26(30)33)29-36(34,35)23-9-7-20-13-22(27)8-6-21(20)14-23/h4-9,11,13-15,17-18,24,29H,10,12,16H2,1-3H3. The van der Waals surface area contributed by atoms with Crippen molar-refractivity contribution in [2.75, 3.05) is 6.54 Å². The lowest BCUT2D eigenvalue weighted by Crippen LogP contribution is -2.51. The van der Waals surface area contributed by atoms with E-state index in [1.54, 1.807) is 54.5 Å². The second-order valence-corrected chi connectivity index (χ2v) is 11.4. The molecular formula is C26H29ClN4O4S. The van der Waals surface area contributed by atoms with Crippen LogP contribution in [-0.4, -0.2) is 59.7 Å². The van der Waals surface area contributed by atoms with E-state index in [2.05, 4.69) is 9.71 Å². The van der Waals surface area contributed by atoms with Gasteiger partial charge in [-0.15, -0.1) is 0 Å². The molecule has 190 valence electrons. The molecule has 1 aromatic heterocycles. The van der Waals surface area contributed by atoms with Crippen LogP contribution in [0.5, 0.6) is 0 Å². The van der Waals surface area contributed by atoms with Gasteiger partial charge in [0.1, 0.15) is 12.1 Å². The number of hydrogen-bond donors (Lipinski definition) is 1. The number of hydrogen-bond acceptors (Lipinski definition) is 5. The number of carbonyl (C=O) groups is 2. The third-order valence-corrected chi connectivity index (χ3v) is 8.13. The fourth-order valence-electron chi connectivity index (χ4n) is 4.39. The summed E-state index contributed by atoms with van der Waals surface area (Å²) < 4.78 is 28.7. The number of pyridine rings is 1. The van der Waals surface area contributed by atoms with Gasteiger partial charge in [-0.2, -0.15) is 4.72 Å². The molecule has 1 aliphatic rings. The van der Waals surface area contributed by atoms with Gasteiger partial charge in [0, 0.05) is 36.5 Å². The summed E-state index contributed by atoms with van der Waals surface area (Å²) in [6.45, 7) is 6.18. The number of nitrogens with one attached hydrogen (secondary N) is 1. The number of nitrogens with zero attached hydrogens (tertiary/aromatic N) is 3. The van der Waals surface area contributed by atoms with Gasteiger partial charge in [-0.3, -0.25) is 14.6 Å². The van der Waals surface area contributed by atoms with Crippen molar-refractivity contribution in [1.82, 2.24) is 19.5 Å². The fraction of sp³-hybridized carbons (Fsp3) is 0.346. The first-order valence-electron chi connectivity index (χ1n) is 11.8. The van der Waals surface area contributed by atoms with Crippen LogP contribution in [0.2, 0.25) is 5.02 Å². The molecule has 2 unspecified atom stereocenters. The lowest BCUT2D eigenvalue weighted by molar-refractivity contribution is -0.145. The number of fused-ring (bicyclic) bond motifs is 1. The largest absolute Gasteiger partial charge is 0.334 e. The Morgan fingerprint density at radius 3 is 2.58 bits per heavy atom. The Morgan fingerprint density at radius 2 is 1.89 bits per heavy atom. The van der Waals surface area contributed by atoms with Crippen LogP contribution in [0.1, 0.15) is 32.8 Å². The van der Waals surface area contributed by atoms with E-state index in [-0.39, 0.29) is 29.8 Å². The van der Waals surface area contributed by atoms with Crippen LogP contribution < -0.4 is 4.72 Å². The van der Waals surface area contributed by atoms with Crippen LogP contribution in [0.25, 0.3) is 10.8 Å². The van der Waals surface area contributed by atoms with Crippen molar-refractivity contribution in [3.63, 3.8) is 0 Å². The smallest absolute Gasteiger partial charge is 0.245 e. The first-order chi connectivity index (χ1) is 17.1. The lowest BCUT2D eigenvalue weighted by Gasteiger charge is -2.33. The SMILES string of the molecule is CC(C)N(Cc1cccnc1)C(=O)C(C)N1CCC(NS(=O)(=O)c2ccc3cc(Cl)ccc3c2)C1=O. The first kappa shape index (κ1) is 26.1. The molecule has 8 nitrogen and oxygen atoms in total. The Morgan fingerprint density at radius 1 is 1.17 bits per heavy atom. The molecule has 2 aromatic carbocycles. The van der Waals surface area contributed by atoms with E-state index in [0.29, 0.717) is 11.6 Å². The highest BCUT2D eigenvalue weighted by atomic mass is 35.5. The van der Waals surface area contributed by atoms with E-state index in [0.717, 1.165) is 16.3 Å². The summed E-state index contributed by atoms with van der Waals surface area (Å²) in [5.41, 5.74) is 0.891. The molecule has 4 rings (SSSR count). The quantitative estimate of drug-likeness (QED) is 0.481. The molecule has 3 aromatic rings. The summed E-state index contributed by atoms with van der Waals surface area (Å²) in [5, 5.41) is 2.11. The Bertz CT molecular complexity index is 1380. The van der Waals surface area contributed by atoms with Gasteiger partial charge in [-0.25, -0.2) is 8.42 Å². The highest BCUT2D eigenvalue weighted by molar-refractivity contribution is 7.89. The molecule has 10 heteroatoms. The minimum atomic E-state index is -3.95. The van der Waals surface area contributed by atoms with Crippen molar-refractivity contribution in [3.05, 3.63) is 71.5 Å². The molecule has 1 aliphatic heterocycles. The average molecular weight is 529 g/mol. The minimum absolute atomic E-state index is 0.0650. The van der Waals surface area contributed by atoms with Crippen molar-refractivity contribution in [3.8, 4) is 0 Å². The number of amides is 2. The summed E-state index contributed by atoms with van der Waals surface area (Å²) >= 11 is 6.01. The third-order valence-electron chi connectivity index (χ3n) is 6.43. The maximum absolute atomic E-state index is 13.3. The Kier molecular flexibility index (Phi) is 7.63. The monoisotopic (exact) mass is 528 g/mol. The molecule has 1 saturated heterocycles. The summed E-state index contributed by atoms with van der Waals surface area (Å²) in [5.74, 6) is -0.601. The van der Waals surface area contributed by atoms with Crippen LogP contribution in [0.15, 0.2) is 65.8 Å². The van der Waals surface area contributed by atoms with Crippen LogP contribution in [0, 0.1) is 0 Å². The number of halogens is 1. The van der Waals surface area contributed by atoms with Crippen molar-refractivity contribution in [2.24, 2.45) is 0 Å². The number of likely N-dealkylation sites (tertiary alicyclic amines) is 1. The lowest BCUT2D eigenvalue weighted by atomic mass is 10.1. The molecule has 1 fully saturated rings. The predicted octanol–water partition coefficient (Wildman–Crippen LogP) is 3.59. The highest BCUT2D eigenvalue weighted by Gasteiger charge is 2.40. The minimum Gasteiger partial charge on any atom is -0.334 e. The molecular weight excluding hydrogens is 500 g/mol. The van der Waals surface area contributed by atoms with E-state index in [1.807, 2.05) is 26.0 Å². The van der Waals surface area contributed by atoms with Gasteiger partial charge in [0.15, 0.2) is 0 Å². The topological polar surface area (TPSA) is 99.7 Å². The molecule has 0 radical (unpaired) electrons. The average Bonchev–Trinajstić information content (AvgIpc) is 3.20. The molecule has 0 aliphatic carbocycles. The van der Waals surface area contributed by atoms with Gasteiger partial charge in [-0.05, 0) is 73.9 Å².